The molecule has 0 atom stereocenters. The van der Waals surface area contributed by atoms with E-state index in [0.717, 1.165) is 17.8 Å². The van der Waals surface area contributed by atoms with Crippen molar-refractivity contribution in [3.8, 4) is 0 Å². The lowest BCUT2D eigenvalue weighted by Crippen LogP contribution is -1.86. The van der Waals surface area contributed by atoms with E-state index in [1.807, 2.05) is 13.8 Å². The number of nitrogens with zero attached hydrogens (tertiary/aromatic N) is 1. The topological polar surface area (TPSA) is 12.9 Å². The van der Waals surface area contributed by atoms with Gasteiger partial charge in [0.25, 0.3) is 0 Å². The van der Waals surface area contributed by atoms with Crippen molar-refractivity contribution in [1.29, 1.82) is 0 Å². The quantitative estimate of drug-likeness (QED) is 0.675. The Bertz CT molecular complexity index is 285. The summed E-state index contributed by atoms with van der Waals surface area (Å²) in [6, 6.07) is 4.13. The van der Waals surface area contributed by atoms with Crippen LogP contribution in [0.25, 0.3) is 6.08 Å². The minimum atomic E-state index is 0.680. The first kappa shape index (κ1) is 10.3. The van der Waals surface area contributed by atoms with Crippen LogP contribution in [-0.4, -0.2) is 10.9 Å². The Kier molecular flexibility index (Phi) is 3.97. The molecule has 1 nitrogen and oxygen atoms in total. The summed E-state index contributed by atoms with van der Waals surface area (Å²) in [6.45, 7) is 4.01. The average molecular weight is 196 g/mol. The Morgan fingerprint density at radius 2 is 1.92 bits per heavy atom. The first-order valence-corrected chi connectivity index (χ1v) is 4.93. The van der Waals surface area contributed by atoms with Crippen molar-refractivity contribution in [3.05, 3.63) is 35.2 Å². The second-order valence-corrected chi connectivity index (χ2v) is 3.44. The van der Waals surface area contributed by atoms with E-state index in [1.54, 1.807) is 0 Å². The van der Waals surface area contributed by atoms with Gasteiger partial charge in [-0.3, -0.25) is 4.98 Å². The minimum absolute atomic E-state index is 0.680. The van der Waals surface area contributed by atoms with Crippen LogP contribution in [0.5, 0.6) is 0 Å². The van der Waals surface area contributed by atoms with Crippen LogP contribution in [-0.2, 0) is 0 Å². The molecular weight excluding hydrogens is 182 g/mol. The molecule has 0 aliphatic heterocycles. The minimum Gasteiger partial charge on any atom is -0.258 e. The highest BCUT2D eigenvalue weighted by atomic mass is 35.5. The van der Waals surface area contributed by atoms with Gasteiger partial charge >= 0.3 is 0 Å². The second kappa shape index (κ2) is 5.03. The van der Waals surface area contributed by atoms with Gasteiger partial charge in [0.05, 0.1) is 0 Å². The van der Waals surface area contributed by atoms with Crippen molar-refractivity contribution in [2.75, 3.05) is 5.88 Å². The fourth-order valence-electron chi connectivity index (χ4n) is 1.25. The predicted octanol–water partition coefficient (Wildman–Crippen LogP) is 3.34. The van der Waals surface area contributed by atoms with E-state index in [2.05, 4.69) is 29.3 Å². The van der Waals surface area contributed by atoms with Crippen molar-refractivity contribution in [3.63, 3.8) is 0 Å². The van der Waals surface area contributed by atoms with Gasteiger partial charge in [-0.2, -0.15) is 0 Å². The van der Waals surface area contributed by atoms with Gasteiger partial charge in [-0.15, -0.1) is 11.6 Å². The number of alkyl halides is 1. The highest BCUT2D eigenvalue weighted by Crippen LogP contribution is 2.07. The number of hydrogen-bond acceptors (Lipinski definition) is 1. The Balaban J connectivity index is 2.77. The van der Waals surface area contributed by atoms with Crippen molar-refractivity contribution >= 4 is 17.7 Å². The maximum atomic E-state index is 5.57. The molecule has 0 aromatic carbocycles. The maximum absolute atomic E-state index is 5.57. The van der Waals surface area contributed by atoms with Crippen molar-refractivity contribution < 1.29 is 0 Å². The average Bonchev–Trinajstić information content (AvgIpc) is 2.03. The van der Waals surface area contributed by atoms with Crippen LogP contribution in [0, 0.1) is 13.8 Å². The summed E-state index contributed by atoms with van der Waals surface area (Å²) in [5, 5.41) is 0. The van der Waals surface area contributed by atoms with Crippen LogP contribution in [0.3, 0.4) is 0 Å². The van der Waals surface area contributed by atoms with E-state index >= 15 is 0 Å². The third-order valence-electron chi connectivity index (χ3n) is 1.69. The zero-order valence-electron chi connectivity index (χ0n) is 8.05. The first-order valence-electron chi connectivity index (χ1n) is 4.40. The van der Waals surface area contributed by atoms with Crippen molar-refractivity contribution in [2.45, 2.75) is 20.3 Å². The van der Waals surface area contributed by atoms with Crippen molar-refractivity contribution in [1.82, 2.24) is 4.98 Å². The largest absolute Gasteiger partial charge is 0.258 e. The van der Waals surface area contributed by atoms with Crippen LogP contribution < -0.4 is 0 Å². The molecule has 70 valence electrons. The van der Waals surface area contributed by atoms with Crippen LogP contribution in [0.15, 0.2) is 18.2 Å². The zero-order chi connectivity index (χ0) is 9.68. The number of halogens is 1. The fourth-order valence-corrected chi connectivity index (χ4v) is 1.37. The number of aryl methyl sites for hydroxylation is 2. The Morgan fingerprint density at radius 1 is 1.31 bits per heavy atom. The van der Waals surface area contributed by atoms with Crippen molar-refractivity contribution in [2.24, 2.45) is 0 Å². The second-order valence-electron chi connectivity index (χ2n) is 3.06. The predicted molar refractivity (Wildman–Crippen MR) is 58.1 cm³/mol. The molecule has 0 N–H and O–H groups in total. The summed E-state index contributed by atoms with van der Waals surface area (Å²) in [5.74, 6) is 0.680. The lowest BCUT2D eigenvalue weighted by Gasteiger charge is -1.98. The molecule has 13 heavy (non-hydrogen) atoms. The number of pyridine rings is 1. The summed E-state index contributed by atoms with van der Waals surface area (Å²) in [4.78, 5) is 4.30. The third-order valence-corrected chi connectivity index (χ3v) is 1.91. The lowest BCUT2D eigenvalue weighted by atomic mass is 10.2. The Labute approximate surface area is 84.5 Å². The van der Waals surface area contributed by atoms with E-state index in [-0.39, 0.29) is 0 Å². The van der Waals surface area contributed by atoms with Crippen LogP contribution >= 0.6 is 11.6 Å². The van der Waals surface area contributed by atoms with Gasteiger partial charge in [-0.05, 0) is 38.0 Å². The number of aromatic nitrogens is 1. The molecule has 0 radical (unpaired) electrons. The molecule has 0 amide bonds. The van der Waals surface area contributed by atoms with Crippen LogP contribution in [0.4, 0.5) is 0 Å². The van der Waals surface area contributed by atoms with Gasteiger partial charge < -0.3 is 0 Å². The molecule has 0 unspecified atom stereocenters. The highest BCUT2D eigenvalue weighted by Gasteiger charge is 1.92. The Hall–Kier alpha value is -0.820. The third kappa shape index (κ3) is 3.60. The van der Waals surface area contributed by atoms with E-state index in [4.69, 9.17) is 11.6 Å². The van der Waals surface area contributed by atoms with E-state index in [9.17, 15) is 0 Å². The number of hydrogen-bond donors (Lipinski definition) is 0. The zero-order valence-corrected chi connectivity index (χ0v) is 8.80. The molecule has 0 aliphatic rings. The molecule has 2 heteroatoms. The van der Waals surface area contributed by atoms with E-state index in [1.165, 1.54) is 5.56 Å². The molecule has 0 spiro atoms. The molecule has 0 saturated carbocycles. The normalized spacial score (nSPS) is 11.0. The van der Waals surface area contributed by atoms with E-state index < -0.39 is 0 Å². The SMILES string of the molecule is Cc1cc(C=CCCCl)cc(C)n1. The van der Waals surface area contributed by atoms with Gasteiger partial charge in [0.1, 0.15) is 0 Å². The summed E-state index contributed by atoms with van der Waals surface area (Å²) < 4.78 is 0. The molecule has 1 heterocycles. The molecular formula is C11H14ClN. The van der Waals surface area contributed by atoms with Gasteiger partial charge in [0.2, 0.25) is 0 Å². The lowest BCUT2D eigenvalue weighted by molar-refractivity contribution is 1.12. The molecule has 1 aromatic heterocycles. The van der Waals surface area contributed by atoms with Gasteiger partial charge in [0.15, 0.2) is 0 Å². The van der Waals surface area contributed by atoms with Crippen LogP contribution in [0.1, 0.15) is 23.4 Å². The molecule has 0 saturated heterocycles. The highest BCUT2D eigenvalue weighted by molar-refractivity contribution is 6.17. The summed E-state index contributed by atoms with van der Waals surface area (Å²) in [6.07, 6.45) is 5.09. The molecule has 0 aliphatic carbocycles. The van der Waals surface area contributed by atoms with Gasteiger partial charge in [0, 0.05) is 17.3 Å². The first-order chi connectivity index (χ1) is 6.22. The summed E-state index contributed by atoms with van der Waals surface area (Å²) in [5.41, 5.74) is 3.33. The molecule has 1 aromatic rings. The van der Waals surface area contributed by atoms with Crippen LogP contribution in [0.2, 0.25) is 0 Å². The smallest absolute Gasteiger partial charge is 0.0381 e. The summed E-state index contributed by atoms with van der Waals surface area (Å²) >= 11 is 5.57. The van der Waals surface area contributed by atoms with Gasteiger partial charge in [-0.1, -0.05) is 12.2 Å². The number of allylic oxidation sites excluding steroid dienone is 1. The van der Waals surface area contributed by atoms with Gasteiger partial charge in [-0.25, -0.2) is 0 Å². The standard InChI is InChI=1S/C11H14ClN/c1-9-7-11(5-3-4-6-12)8-10(2)13-9/h3,5,7-8H,4,6H2,1-2H3. The molecule has 0 fully saturated rings. The molecule has 0 bridgehead atoms. The Morgan fingerprint density at radius 3 is 2.46 bits per heavy atom. The monoisotopic (exact) mass is 195 g/mol. The fraction of sp³-hybridized carbons (Fsp3) is 0.364. The maximum Gasteiger partial charge on any atom is 0.0381 e. The summed E-state index contributed by atoms with van der Waals surface area (Å²) in [7, 11) is 0. The van der Waals surface area contributed by atoms with E-state index in [0.29, 0.717) is 5.88 Å². The number of rotatable bonds is 3. The molecule has 1 rings (SSSR count).